The third kappa shape index (κ3) is 8.68. The number of guanidine groups is 1. The second-order valence-corrected chi connectivity index (χ2v) is 7.26. The van der Waals surface area contributed by atoms with Crippen molar-refractivity contribution in [2.45, 2.75) is 26.2 Å². The monoisotopic (exact) mass is 552 g/mol. The fourth-order valence-electron chi connectivity index (χ4n) is 3.01. The van der Waals surface area contributed by atoms with Crippen LogP contribution < -0.4 is 15.4 Å². The molecule has 27 heavy (non-hydrogen) atoms. The van der Waals surface area contributed by atoms with Crippen LogP contribution in [0.1, 0.15) is 26.2 Å². The quantitative estimate of drug-likeness (QED) is 0.236. The summed E-state index contributed by atoms with van der Waals surface area (Å²) in [4.78, 5) is 18.5. The number of rotatable bonds is 7. The van der Waals surface area contributed by atoms with Gasteiger partial charge in [-0.25, -0.2) is 4.99 Å². The second-order valence-electron chi connectivity index (χ2n) is 6.35. The summed E-state index contributed by atoms with van der Waals surface area (Å²) >= 11 is 3.44. The van der Waals surface area contributed by atoms with Crippen LogP contribution >= 0.6 is 39.9 Å². The summed E-state index contributed by atoms with van der Waals surface area (Å²) in [7, 11) is 1.70. The lowest BCUT2D eigenvalue weighted by atomic mass is 9.93. The van der Waals surface area contributed by atoms with Gasteiger partial charge in [0.25, 0.3) is 0 Å². The van der Waals surface area contributed by atoms with Gasteiger partial charge in [0.15, 0.2) is 5.96 Å². The Labute approximate surface area is 187 Å². The number of piperidine rings is 1. The van der Waals surface area contributed by atoms with E-state index in [1.54, 1.807) is 7.05 Å². The molecule has 2 rings (SSSR count). The Hall–Kier alpha value is -1.03. The molecule has 0 bridgehead atoms. The summed E-state index contributed by atoms with van der Waals surface area (Å²) in [5, 5.41) is 6.07. The van der Waals surface area contributed by atoms with Gasteiger partial charge in [-0.2, -0.15) is 0 Å². The zero-order valence-electron chi connectivity index (χ0n) is 16.0. The zero-order chi connectivity index (χ0) is 18.8. The van der Waals surface area contributed by atoms with Crippen molar-refractivity contribution < 1.29 is 9.53 Å². The SMILES string of the molecule is CCNC(=NCCOc1cccc(Br)c1)N1CCC(CC(=O)NC)CC1.I. The molecule has 0 aromatic heterocycles. The minimum atomic E-state index is 0. The van der Waals surface area contributed by atoms with Gasteiger partial charge in [0.1, 0.15) is 12.4 Å². The lowest BCUT2D eigenvalue weighted by molar-refractivity contribution is -0.121. The molecule has 0 unspecified atom stereocenters. The lowest BCUT2D eigenvalue weighted by Crippen LogP contribution is -2.46. The van der Waals surface area contributed by atoms with Crippen LogP contribution in [0.5, 0.6) is 5.75 Å². The molecular weight excluding hydrogens is 523 g/mol. The van der Waals surface area contributed by atoms with Crippen LogP contribution in [-0.4, -0.2) is 56.6 Å². The van der Waals surface area contributed by atoms with Crippen LogP contribution in [-0.2, 0) is 4.79 Å². The minimum absolute atomic E-state index is 0. The molecule has 0 atom stereocenters. The number of halogens is 2. The van der Waals surface area contributed by atoms with Gasteiger partial charge in [0, 0.05) is 37.6 Å². The molecule has 1 fully saturated rings. The van der Waals surface area contributed by atoms with Crippen LogP contribution in [0.25, 0.3) is 0 Å². The van der Waals surface area contributed by atoms with Gasteiger partial charge in [-0.1, -0.05) is 22.0 Å². The van der Waals surface area contributed by atoms with Gasteiger partial charge >= 0.3 is 0 Å². The summed E-state index contributed by atoms with van der Waals surface area (Å²) in [5.41, 5.74) is 0. The summed E-state index contributed by atoms with van der Waals surface area (Å²) < 4.78 is 6.75. The molecule has 1 saturated heterocycles. The Morgan fingerprint density at radius 3 is 2.74 bits per heavy atom. The minimum Gasteiger partial charge on any atom is -0.492 e. The van der Waals surface area contributed by atoms with Crippen LogP contribution in [0.2, 0.25) is 0 Å². The van der Waals surface area contributed by atoms with Crippen molar-refractivity contribution in [2.24, 2.45) is 10.9 Å². The predicted molar refractivity (Wildman–Crippen MR) is 124 cm³/mol. The second kappa shape index (κ2) is 13.2. The molecule has 0 aliphatic carbocycles. The summed E-state index contributed by atoms with van der Waals surface area (Å²) in [5.74, 6) is 2.38. The average Bonchev–Trinajstić information content (AvgIpc) is 2.65. The zero-order valence-corrected chi connectivity index (χ0v) is 20.0. The van der Waals surface area contributed by atoms with Crippen molar-refractivity contribution in [2.75, 3.05) is 39.8 Å². The van der Waals surface area contributed by atoms with Crippen molar-refractivity contribution in [1.82, 2.24) is 15.5 Å². The molecule has 0 saturated carbocycles. The number of carbonyl (C=O) groups excluding carboxylic acids is 1. The van der Waals surface area contributed by atoms with Crippen LogP contribution in [0.4, 0.5) is 0 Å². The van der Waals surface area contributed by atoms with Crippen molar-refractivity contribution in [3.05, 3.63) is 28.7 Å². The Morgan fingerprint density at radius 2 is 2.11 bits per heavy atom. The Bertz CT molecular complexity index is 607. The van der Waals surface area contributed by atoms with Gasteiger partial charge in [-0.15, -0.1) is 24.0 Å². The molecular formula is C19H30BrIN4O2. The van der Waals surface area contributed by atoms with E-state index >= 15 is 0 Å². The van der Waals surface area contributed by atoms with E-state index in [-0.39, 0.29) is 29.9 Å². The number of ether oxygens (including phenoxy) is 1. The van der Waals surface area contributed by atoms with Gasteiger partial charge in [-0.05, 0) is 43.9 Å². The summed E-state index contributed by atoms with van der Waals surface area (Å²) in [6.45, 7) is 5.92. The molecule has 1 aliphatic heterocycles. The lowest BCUT2D eigenvalue weighted by Gasteiger charge is -2.34. The van der Waals surface area contributed by atoms with Gasteiger partial charge in [0.05, 0.1) is 6.54 Å². The maximum absolute atomic E-state index is 11.5. The van der Waals surface area contributed by atoms with E-state index in [0.717, 1.165) is 48.7 Å². The maximum Gasteiger partial charge on any atom is 0.220 e. The molecule has 1 heterocycles. The third-order valence-electron chi connectivity index (χ3n) is 4.42. The normalized spacial score (nSPS) is 15.1. The van der Waals surface area contributed by atoms with Crippen molar-refractivity contribution in [3.8, 4) is 5.75 Å². The molecule has 0 spiro atoms. The van der Waals surface area contributed by atoms with Gasteiger partial charge in [-0.3, -0.25) is 4.79 Å². The highest BCUT2D eigenvalue weighted by molar-refractivity contribution is 14.0. The number of likely N-dealkylation sites (tertiary alicyclic amines) is 1. The van der Waals surface area contributed by atoms with Gasteiger partial charge in [0.2, 0.25) is 5.91 Å². The van der Waals surface area contributed by atoms with E-state index in [1.807, 2.05) is 24.3 Å². The molecule has 1 aromatic carbocycles. The molecule has 1 amide bonds. The average molecular weight is 553 g/mol. The largest absolute Gasteiger partial charge is 0.492 e. The summed E-state index contributed by atoms with van der Waals surface area (Å²) in [6, 6.07) is 7.82. The topological polar surface area (TPSA) is 66.0 Å². The van der Waals surface area contributed by atoms with E-state index in [2.05, 4.69) is 38.4 Å². The molecule has 6 nitrogen and oxygen atoms in total. The van der Waals surface area contributed by atoms with E-state index in [9.17, 15) is 4.79 Å². The molecule has 2 N–H and O–H groups in total. The highest BCUT2D eigenvalue weighted by Gasteiger charge is 2.22. The third-order valence-corrected chi connectivity index (χ3v) is 4.91. The smallest absolute Gasteiger partial charge is 0.220 e. The fraction of sp³-hybridized carbons (Fsp3) is 0.579. The van der Waals surface area contributed by atoms with Crippen molar-refractivity contribution in [3.63, 3.8) is 0 Å². The number of hydrogen-bond donors (Lipinski definition) is 2. The highest BCUT2D eigenvalue weighted by Crippen LogP contribution is 2.20. The predicted octanol–water partition coefficient (Wildman–Crippen LogP) is 3.26. The molecule has 1 aliphatic rings. The van der Waals surface area contributed by atoms with E-state index in [1.165, 1.54) is 0 Å². The summed E-state index contributed by atoms with van der Waals surface area (Å²) in [6.07, 6.45) is 2.66. The van der Waals surface area contributed by atoms with Gasteiger partial charge < -0.3 is 20.3 Å². The first-order valence-electron chi connectivity index (χ1n) is 9.24. The van der Waals surface area contributed by atoms with Crippen molar-refractivity contribution >= 4 is 51.8 Å². The highest BCUT2D eigenvalue weighted by atomic mass is 127. The molecule has 152 valence electrons. The Kier molecular flexibility index (Phi) is 11.7. The molecule has 1 aromatic rings. The van der Waals surface area contributed by atoms with E-state index in [0.29, 0.717) is 25.5 Å². The molecule has 8 heteroatoms. The number of nitrogens with zero attached hydrogens (tertiary/aromatic N) is 2. The first-order valence-corrected chi connectivity index (χ1v) is 10.0. The Morgan fingerprint density at radius 1 is 1.37 bits per heavy atom. The van der Waals surface area contributed by atoms with Crippen molar-refractivity contribution in [1.29, 1.82) is 0 Å². The fourth-order valence-corrected chi connectivity index (χ4v) is 3.39. The number of amides is 1. The molecule has 0 radical (unpaired) electrons. The first kappa shape index (κ1) is 24.0. The van der Waals surface area contributed by atoms with Crippen LogP contribution in [0.15, 0.2) is 33.7 Å². The van der Waals surface area contributed by atoms with E-state index < -0.39 is 0 Å². The van der Waals surface area contributed by atoms with Crippen LogP contribution in [0.3, 0.4) is 0 Å². The van der Waals surface area contributed by atoms with Crippen LogP contribution in [0, 0.1) is 5.92 Å². The number of aliphatic imine (C=N–C) groups is 1. The first-order chi connectivity index (χ1) is 12.6. The Balaban J connectivity index is 0.00000364. The number of carbonyl (C=O) groups is 1. The number of benzene rings is 1. The number of hydrogen-bond acceptors (Lipinski definition) is 3. The standard InChI is InChI=1S/C19H29BrN4O2.HI/c1-3-22-19(23-9-12-26-17-6-4-5-16(20)14-17)24-10-7-15(8-11-24)13-18(25)21-2;/h4-6,14-15H,3,7-13H2,1-2H3,(H,21,25)(H,22,23);1H. The number of nitrogens with one attached hydrogen (secondary N) is 2. The van der Waals surface area contributed by atoms with E-state index in [4.69, 9.17) is 9.73 Å². The maximum atomic E-state index is 11.5.